The number of ether oxygens (including phenoxy) is 3. The number of nitro benzene ring substituents is 1. The second-order valence-corrected chi connectivity index (χ2v) is 8.47. The molecule has 1 N–H and O–H groups in total. The quantitative estimate of drug-likeness (QED) is 0.133. The maximum Gasteiger partial charge on any atom is 0.343 e. The van der Waals surface area contributed by atoms with Gasteiger partial charge in [-0.3, -0.25) is 14.9 Å². The largest absolute Gasteiger partial charge is 0.493 e. The fourth-order valence-corrected chi connectivity index (χ4v) is 3.63. The Kier molecular flexibility index (Phi) is 8.74. The number of aryl methyl sites for hydroxylation is 2. The summed E-state index contributed by atoms with van der Waals surface area (Å²) in [6, 6.07) is 14.4. The van der Waals surface area contributed by atoms with E-state index < -0.39 is 16.8 Å². The number of nitro groups is 1. The topological polar surface area (TPSA) is 129 Å². The van der Waals surface area contributed by atoms with E-state index in [0.717, 1.165) is 4.47 Å². The molecule has 1 amide bonds. The van der Waals surface area contributed by atoms with Crippen molar-refractivity contribution in [1.29, 1.82) is 0 Å². The lowest BCUT2D eigenvalue weighted by Gasteiger charge is -2.11. The SMILES string of the molecule is COc1cc(/C=N/NC(=O)COc2c(C)cc([N+](=O)[O-])cc2C)ccc1OC(=O)c1cccc(Br)c1. The zero-order valence-electron chi connectivity index (χ0n) is 19.6. The molecule has 3 rings (SSSR count). The third-order valence-electron chi connectivity index (χ3n) is 4.86. The summed E-state index contributed by atoms with van der Waals surface area (Å²) in [7, 11) is 1.44. The molecule has 0 fully saturated rings. The monoisotopic (exact) mass is 555 g/mol. The first-order chi connectivity index (χ1) is 17.2. The second-order valence-electron chi connectivity index (χ2n) is 7.56. The summed E-state index contributed by atoms with van der Waals surface area (Å²) >= 11 is 3.32. The summed E-state index contributed by atoms with van der Waals surface area (Å²) < 4.78 is 17.0. The number of hydrogen-bond donors (Lipinski definition) is 1. The van der Waals surface area contributed by atoms with Crippen molar-refractivity contribution in [1.82, 2.24) is 5.43 Å². The molecule has 0 heterocycles. The Balaban J connectivity index is 1.58. The van der Waals surface area contributed by atoms with E-state index in [0.29, 0.717) is 33.8 Å². The van der Waals surface area contributed by atoms with Gasteiger partial charge >= 0.3 is 5.97 Å². The van der Waals surface area contributed by atoms with Crippen LogP contribution in [0.4, 0.5) is 5.69 Å². The molecule has 3 aromatic rings. The van der Waals surface area contributed by atoms with Gasteiger partial charge in [-0.1, -0.05) is 22.0 Å². The number of carbonyl (C=O) groups excluding carboxylic acids is 2. The van der Waals surface area contributed by atoms with E-state index in [9.17, 15) is 19.7 Å². The zero-order chi connectivity index (χ0) is 26.2. The molecule has 0 unspecified atom stereocenters. The van der Waals surface area contributed by atoms with Crippen LogP contribution in [-0.2, 0) is 4.79 Å². The highest BCUT2D eigenvalue weighted by molar-refractivity contribution is 9.10. The molecule has 11 heteroatoms. The minimum absolute atomic E-state index is 0.0456. The molecule has 0 aliphatic rings. The minimum Gasteiger partial charge on any atom is -0.493 e. The number of hydrogen-bond acceptors (Lipinski definition) is 8. The third-order valence-corrected chi connectivity index (χ3v) is 5.35. The van der Waals surface area contributed by atoms with Crippen LogP contribution in [0.5, 0.6) is 17.2 Å². The molecular weight excluding hydrogens is 534 g/mol. The Morgan fingerprint density at radius 3 is 2.44 bits per heavy atom. The fourth-order valence-electron chi connectivity index (χ4n) is 3.23. The summed E-state index contributed by atoms with van der Waals surface area (Å²) in [6.45, 7) is 3.00. The molecule has 0 aliphatic carbocycles. The van der Waals surface area contributed by atoms with Gasteiger partial charge in [0.15, 0.2) is 18.1 Å². The van der Waals surface area contributed by atoms with Gasteiger partial charge in [-0.25, -0.2) is 10.2 Å². The molecular formula is C25H22BrN3O7. The molecule has 0 saturated carbocycles. The lowest BCUT2D eigenvalue weighted by atomic mass is 10.1. The van der Waals surface area contributed by atoms with Gasteiger partial charge in [0.25, 0.3) is 11.6 Å². The number of non-ortho nitro benzene ring substituents is 1. The normalized spacial score (nSPS) is 10.7. The van der Waals surface area contributed by atoms with Gasteiger partial charge in [0.2, 0.25) is 0 Å². The molecule has 3 aromatic carbocycles. The standard InChI is InChI=1S/C25H22BrN3O7/c1-15-9-20(29(32)33)10-16(2)24(15)35-14-23(30)28-27-13-17-7-8-21(22(11-17)34-3)36-25(31)18-5-4-6-19(26)12-18/h4-13H,14H2,1-3H3,(H,28,30)/b27-13+. The molecule has 0 spiro atoms. The van der Waals surface area contributed by atoms with Crippen molar-refractivity contribution in [3.05, 3.63) is 91.4 Å². The van der Waals surface area contributed by atoms with E-state index in [1.165, 1.54) is 25.5 Å². The lowest BCUT2D eigenvalue weighted by molar-refractivity contribution is -0.385. The number of nitrogens with one attached hydrogen (secondary N) is 1. The van der Waals surface area contributed by atoms with Crippen molar-refractivity contribution in [2.75, 3.05) is 13.7 Å². The predicted molar refractivity (Wildman–Crippen MR) is 136 cm³/mol. The zero-order valence-corrected chi connectivity index (χ0v) is 21.2. The van der Waals surface area contributed by atoms with E-state index in [4.69, 9.17) is 14.2 Å². The molecule has 0 atom stereocenters. The van der Waals surface area contributed by atoms with E-state index in [1.54, 1.807) is 56.3 Å². The highest BCUT2D eigenvalue weighted by atomic mass is 79.9. The van der Waals surface area contributed by atoms with Gasteiger partial charge in [0, 0.05) is 16.6 Å². The summed E-state index contributed by atoms with van der Waals surface area (Å²) in [6.07, 6.45) is 1.39. The predicted octanol–water partition coefficient (Wildman–Crippen LogP) is 4.73. The Labute approximate surface area is 215 Å². The summed E-state index contributed by atoms with van der Waals surface area (Å²) in [4.78, 5) is 35.0. The number of hydrazone groups is 1. The number of benzene rings is 3. The average molecular weight is 556 g/mol. The number of amides is 1. The number of rotatable bonds is 9. The fraction of sp³-hybridized carbons (Fsp3) is 0.160. The van der Waals surface area contributed by atoms with Crippen LogP contribution in [-0.4, -0.2) is 36.7 Å². The first kappa shape index (κ1) is 26.4. The molecule has 0 bridgehead atoms. The van der Waals surface area contributed by atoms with Crippen LogP contribution >= 0.6 is 15.9 Å². The van der Waals surface area contributed by atoms with Crippen molar-refractivity contribution in [3.8, 4) is 17.2 Å². The van der Waals surface area contributed by atoms with Crippen LogP contribution < -0.4 is 19.6 Å². The van der Waals surface area contributed by atoms with Gasteiger partial charge in [-0.2, -0.15) is 5.10 Å². The van der Waals surface area contributed by atoms with E-state index in [-0.39, 0.29) is 18.0 Å². The summed E-state index contributed by atoms with van der Waals surface area (Å²) in [5, 5.41) is 14.8. The van der Waals surface area contributed by atoms with Gasteiger partial charge < -0.3 is 14.2 Å². The minimum atomic E-state index is -0.540. The maximum atomic E-state index is 12.4. The Bertz CT molecular complexity index is 1320. The van der Waals surface area contributed by atoms with E-state index in [1.807, 2.05) is 0 Å². The Morgan fingerprint density at radius 1 is 1.08 bits per heavy atom. The van der Waals surface area contributed by atoms with Crippen molar-refractivity contribution >= 4 is 39.7 Å². The van der Waals surface area contributed by atoms with Gasteiger partial charge in [0.05, 0.1) is 23.8 Å². The summed E-state index contributed by atoms with van der Waals surface area (Å²) in [5.74, 6) is -0.124. The van der Waals surface area contributed by atoms with Crippen LogP contribution in [0, 0.1) is 24.0 Å². The number of methoxy groups -OCH3 is 1. The molecule has 36 heavy (non-hydrogen) atoms. The van der Waals surface area contributed by atoms with Gasteiger partial charge in [-0.05, 0) is 66.9 Å². The van der Waals surface area contributed by atoms with E-state index in [2.05, 4.69) is 26.5 Å². The lowest BCUT2D eigenvalue weighted by Crippen LogP contribution is -2.25. The van der Waals surface area contributed by atoms with Crippen LogP contribution in [0.2, 0.25) is 0 Å². The third kappa shape index (κ3) is 6.89. The summed E-state index contributed by atoms with van der Waals surface area (Å²) in [5.41, 5.74) is 4.35. The van der Waals surface area contributed by atoms with Crippen molar-refractivity contribution in [2.45, 2.75) is 13.8 Å². The van der Waals surface area contributed by atoms with Crippen LogP contribution in [0.25, 0.3) is 0 Å². The molecule has 0 aromatic heterocycles. The highest BCUT2D eigenvalue weighted by Gasteiger charge is 2.15. The first-order valence-electron chi connectivity index (χ1n) is 10.5. The molecule has 0 aliphatic heterocycles. The number of esters is 1. The average Bonchev–Trinajstić information content (AvgIpc) is 2.84. The number of halogens is 1. The number of carbonyl (C=O) groups is 2. The Morgan fingerprint density at radius 2 is 1.81 bits per heavy atom. The number of nitrogens with zero attached hydrogens (tertiary/aromatic N) is 2. The molecule has 186 valence electrons. The van der Waals surface area contributed by atoms with Gasteiger partial charge in [0.1, 0.15) is 5.75 Å². The smallest absolute Gasteiger partial charge is 0.343 e. The first-order valence-corrected chi connectivity index (χ1v) is 11.3. The van der Waals surface area contributed by atoms with Crippen molar-refractivity contribution in [2.24, 2.45) is 5.10 Å². The maximum absolute atomic E-state index is 12.4. The van der Waals surface area contributed by atoms with Gasteiger partial charge in [-0.15, -0.1) is 0 Å². The van der Waals surface area contributed by atoms with Crippen molar-refractivity contribution in [3.63, 3.8) is 0 Å². The van der Waals surface area contributed by atoms with Crippen LogP contribution in [0.1, 0.15) is 27.0 Å². The second kappa shape index (κ2) is 11.9. The van der Waals surface area contributed by atoms with Crippen LogP contribution in [0.3, 0.4) is 0 Å². The highest BCUT2D eigenvalue weighted by Crippen LogP contribution is 2.29. The molecule has 0 radical (unpaired) electrons. The van der Waals surface area contributed by atoms with Crippen molar-refractivity contribution < 1.29 is 28.7 Å². The van der Waals surface area contributed by atoms with Crippen LogP contribution in [0.15, 0.2) is 64.2 Å². The molecule has 0 saturated heterocycles. The Hall–Kier alpha value is -4.25. The molecule has 10 nitrogen and oxygen atoms in total. The van der Waals surface area contributed by atoms with E-state index >= 15 is 0 Å².